The second-order valence-corrected chi connectivity index (χ2v) is 3.40. The summed E-state index contributed by atoms with van der Waals surface area (Å²) in [4.78, 5) is 8.13. The number of benzene rings is 1. The summed E-state index contributed by atoms with van der Waals surface area (Å²) in [6.45, 7) is -0.153. The molecule has 1 N–H and O–H groups in total. The molecule has 4 nitrogen and oxygen atoms in total. The second kappa shape index (κ2) is 4.88. The lowest BCUT2D eigenvalue weighted by Gasteiger charge is -2.05. The summed E-state index contributed by atoms with van der Waals surface area (Å²) < 4.78 is 18.1. The van der Waals surface area contributed by atoms with Crippen molar-refractivity contribution in [2.45, 2.75) is 6.61 Å². The maximum absolute atomic E-state index is 13.2. The Bertz CT molecular complexity index is 514. The Kier molecular flexibility index (Phi) is 3.30. The molecule has 0 bridgehead atoms. The number of methoxy groups -OCH3 is 1. The van der Waals surface area contributed by atoms with E-state index in [0.717, 1.165) is 0 Å². The summed E-state index contributed by atoms with van der Waals surface area (Å²) in [5, 5.41) is 8.85. The lowest BCUT2D eigenvalue weighted by molar-refractivity contribution is 0.276. The van der Waals surface area contributed by atoms with Gasteiger partial charge in [0, 0.05) is 5.56 Å². The van der Waals surface area contributed by atoms with Crippen molar-refractivity contribution in [1.82, 2.24) is 9.97 Å². The van der Waals surface area contributed by atoms with Crippen LogP contribution in [-0.4, -0.2) is 22.2 Å². The van der Waals surface area contributed by atoms with E-state index in [0.29, 0.717) is 17.0 Å². The molecule has 5 heteroatoms. The number of aliphatic hydroxyl groups excluding tert-OH is 1. The smallest absolute Gasteiger partial charge is 0.165 e. The predicted octanol–water partition coefficient (Wildman–Crippen LogP) is 1.78. The quantitative estimate of drug-likeness (QED) is 0.879. The molecule has 0 radical (unpaired) electrons. The molecule has 0 spiro atoms. The molecule has 0 aliphatic rings. The van der Waals surface area contributed by atoms with Gasteiger partial charge in [-0.05, 0) is 18.2 Å². The fraction of sp³-hybridized carbons (Fsp3) is 0.167. The topological polar surface area (TPSA) is 55.2 Å². The molecule has 0 saturated heterocycles. The van der Waals surface area contributed by atoms with Crippen molar-refractivity contribution in [2.75, 3.05) is 7.11 Å². The van der Waals surface area contributed by atoms with Crippen LogP contribution in [-0.2, 0) is 6.61 Å². The zero-order chi connectivity index (χ0) is 12.3. The summed E-state index contributed by atoms with van der Waals surface area (Å²) in [5.74, 6) is -0.258. The van der Waals surface area contributed by atoms with Gasteiger partial charge in [-0.15, -0.1) is 0 Å². The highest BCUT2D eigenvalue weighted by Gasteiger charge is 2.06. The molecule has 0 fully saturated rings. The Balaban J connectivity index is 2.38. The minimum Gasteiger partial charge on any atom is -0.494 e. The Labute approximate surface area is 97.7 Å². The van der Waals surface area contributed by atoms with Crippen LogP contribution in [0.4, 0.5) is 4.39 Å². The first kappa shape index (κ1) is 11.5. The summed E-state index contributed by atoms with van der Waals surface area (Å²) >= 11 is 0. The number of hydrogen-bond acceptors (Lipinski definition) is 4. The van der Waals surface area contributed by atoms with Crippen molar-refractivity contribution in [3.63, 3.8) is 0 Å². The first-order valence-corrected chi connectivity index (χ1v) is 5.00. The molecule has 0 unspecified atom stereocenters. The molecule has 0 saturated carbocycles. The molecule has 1 aromatic carbocycles. The van der Waals surface area contributed by atoms with Gasteiger partial charge in [0.15, 0.2) is 11.6 Å². The summed E-state index contributed by atoms with van der Waals surface area (Å²) in [7, 11) is 1.41. The molecule has 0 aliphatic carbocycles. The minimum absolute atomic E-state index is 0.153. The van der Waals surface area contributed by atoms with Crippen LogP contribution >= 0.6 is 0 Å². The molecule has 0 atom stereocenters. The number of aromatic nitrogens is 2. The first-order valence-electron chi connectivity index (χ1n) is 5.00. The Morgan fingerprint density at radius 3 is 2.71 bits per heavy atom. The van der Waals surface area contributed by atoms with E-state index in [4.69, 9.17) is 9.84 Å². The van der Waals surface area contributed by atoms with Gasteiger partial charge in [-0.2, -0.15) is 0 Å². The normalized spacial score (nSPS) is 10.3. The first-order chi connectivity index (χ1) is 8.24. The summed E-state index contributed by atoms with van der Waals surface area (Å²) in [5.41, 5.74) is 1.79. The van der Waals surface area contributed by atoms with E-state index < -0.39 is 5.82 Å². The van der Waals surface area contributed by atoms with Gasteiger partial charge in [0.2, 0.25) is 0 Å². The van der Waals surface area contributed by atoms with Gasteiger partial charge < -0.3 is 9.84 Å². The molecular formula is C12H11FN2O2. The maximum Gasteiger partial charge on any atom is 0.165 e. The minimum atomic E-state index is -0.420. The highest BCUT2D eigenvalue weighted by molar-refractivity contribution is 5.60. The molecule has 17 heavy (non-hydrogen) atoms. The number of aliphatic hydroxyl groups is 1. The van der Waals surface area contributed by atoms with Crippen molar-refractivity contribution in [3.8, 4) is 17.0 Å². The number of rotatable bonds is 3. The van der Waals surface area contributed by atoms with E-state index in [9.17, 15) is 4.39 Å². The number of hydrogen-bond donors (Lipinski definition) is 1. The van der Waals surface area contributed by atoms with Crippen molar-refractivity contribution >= 4 is 0 Å². The van der Waals surface area contributed by atoms with E-state index in [1.807, 2.05) is 0 Å². The van der Waals surface area contributed by atoms with E-state index in [-0.39, 0.29) is 12.4 Å². The zero-order valence-corrected chi connectivity index (χ0v) is 9.22. The molecule has 0 aliphatic heterocycles. The molecule has 2 rings (SSSR count). The van der Waals surface area contributed by atoms with Crippen LogP contribution in [0.2, 0.25) is 0 Å². The molecule has 88 valence electrons. The number of nitrogens with zero attached hydrogens (tertiary/aromatic N) is 2. The Morgan fingerprint density at radius 2 is 2.12 bits per heavy atom. The van der Waals surface area contributed by atoms with Crippen molar-refractivity contribution < 1.29 is 14.2 Å². The van der Waals surface area contributed by atoms with Gasteiger partial charge in [-0.25, -0.2) is 4.39 Å². The van der Waals surface area contributed by atoms with Crippen LogP contribution in [0, 0.1) is 5.82 Å². The zero-order valence-electron chi connectivity index (χ0n) is 9.22. The van der Waals surface area contributed by atoms with Crippen LogP contribution in [0.3, 0.4) is 0 Å². The highest BCUT2D eigenvalue weighted by Crippen LogP contribution is 2.24. The van der Waals surface area contributed by atoms with E-state index >= 15 is 0 Å². The number of ether oxygens (including phenoxy) is 1. The Hall–Kier alpha value is -2.01. The standard InChI is InChI=1S/C12H11FN2O2/c1-17-12-4-8(2-3-10(12)13)11-6-14-9(7-16)5-15-11/h2-6,16H,7H2,1H3. The lowest BCUT2D eigenvalue weighted by atomic mass is 10.1. The molecular weight excluding hydrogens is 223 g/mol. The average Bonchev–Trinajstić information content (AvgIpc) is 2.39. The number of halogens is 1. The summed E-state index contributed by atoms with van der Waals surface area (Å²) in [6.07, 6.45) is 3.00. The van der Waals surface area contributed by atoms with E-state index in [1.54, 1.807) is 12.1 Å². The van der Waals surface area contributed by atoms with Crippen LogP contribution in [0.1, 0.15) is 5.69 Å². The summed E-state index contributed by atoms with van der Waals surface area (Å²) in [6, 6.07) is 4.47. The lowest BCUT2D eigenvalue weighted by Crippen LogP contribution is -1.94. The third-order valence-electron chi connectivity index (χ3n) is 2.31. The van der Waals surface area contributed by atoms with E-state index in [1.165, 1.54) is 25.6 Å². The van der Waals surface area contributed by atoms with Gasteiger partial charge in [0.05, 0.1) is 37.5 Å². The van der Waals surface area contributed by atoms with Crippen LogP contribution in [0.5, 0.6) is 5.75 Å². The van der Waals surface area contributed by atoms with Gasteiger partial charge in [-0.1, -0.05) is 0 Å². The highest BCUT2D eigenvalue weighted by atomic mass is 19.1. The Morgan fingerprint density at radius 1 is 1.29 bits per heavy atom. The molecule has 1 heterocycles. The second-order valence-electron chi connectivity index (χ2n) is 3.40. The van der Waals surface area contributed by atoms with Crippen molar-refractivity contribution in [1.29, 1.82) is 0 Å². The van der Waals surface area contributed by atoms with Gasteiger partial charge >= 0.3 is 0 Å². The maximum atomic E-state index is 13.2. The fourth-order valence-corrected chi connectivity index (χ4v) is 1.40. The molecule has 0 amide bonds. The third-order valence-corrected chi connectivity index (χ3v) is 2.31. The van der Waals surface area contributed by atoms with Gasteiger partial charge in [0.25, 0.3) is 0 Å². The largest absolute Gasteiger partial charge is 0.494 e. The van der Waals surface area contributed by atoms with Crippen LogP contribution in [0.15, 0.2) is 30.6 Å². The third kappa shape index (κ3) is 2.39. The van der Waals surface area contributed by atoms with Crippen molar-refractivity contribution in [3.05, 3.63) is 42.1 Å². The molecule has 2 aromatic rings. The van der Waals surface area contributed by atoms with Crippen LogP contribution in [0.25, 0.3) is 11.3 Å². The SMILES string of the molecule is COc1cc(-c2cnc(CO)cn2)ccc1F. The van der Waals surface area contributed by atoms with Gasteiger partial charge in [0.1, 0.15) is 0 Å². The molecule has 1 aromatic heterocycles. The predicted molar refractivity (Wildman–Crippen MR) is 59.9 cm³/mol. The fourth-order valence-electron chi connectivity index (χ4n) is 1.40. The van der Waals surface area contributed by atoms with Crippen LogP contribution < -0.4 is 4.74 Å². The van der Waals surface area contributed by atoms with Gasteiger partial charge in [-0.3, -0.25) is 9.97 Å². The monoisotopic (exact) mass is 234 g/mol. The van der Waals surface area contributed by atoms with E-state index in [2.05, 4.69) is 9.97 Å². The average molecular weight is 234 g/mol. The van der Waals surface area contributed by atoms with Crippen molar-refractivity contribution in [2.24, 2.45) is 0 Å².